The van der Waals surface area contributed by atoms with Crippen molar-refractivity contribution in [2.75, 3.05) is 20.8 Å². The SMILES string of the molecule is CCN(Cc1nccc(OC)c1OC)C(C)(C)C(=O)O. The van der Waals surface area contributed by atoms with E-state index in [-0.39, 0.29) is 0 Å². The topological polar surface area (TPSA) is 71.9 Å². The van der Waals surface area contributed by atoms with Crippen LogP contribution in [-0.4, -0.2) is 47.3 Å². The van der Waals surface area contributed by atoms with Crippen molar-refractivity contribution in [3.63, 3.8) is 0 Å². The first kappa shape index (κ1) is 16.2. The second-order valence-electron chi connectivity index (χ2n) is 4.87. The molecule has 0 aromatic carbocycles. The maximum absolute atomic E-state index is 11.4. The maximum Gasteiger partial charge on any atom is 0.323 e. The molecule has 0 saturated heterocycles. The fraction of sp³-hybridized carbons (Fsp3) is 0.571. The third-order valence-corrected chi connectivity index (χ3v) is 3.40. The van der Waals surface area contributed by atoms with Crippen molar-refractivity contribution < 1.29 is 19.4 Å². The molecule has 1 aromatic heterocycles. The quantitative estimate of drug-likeness (QED) is 0.822. The number of methoxy groups -OCH3 is 2. The molecular formula is C14H22N2O4. The normalized spacial score (nSPS) is 11.5. The molecule has 0 saturated carbocycles. The minimum Gasteiger partial charge on any atom is -0.493 e. The summed E-state index contributed by atoms with van der Waals surface area (Å²) in [5.41, 5.74) is -0.326. The van der Waals surface area contributed by atoms with Gasteiger partial charge in [-0.2, -0.15) is 0 Å². The van der Waals surface area contributed by atoms with Gasteiger partial charge in [-0.1, -0.05) is 6.92 Å². The van der Waals surface area contributed by atoms with Crippen LogP contribution in [0.1, 0.15) is 26.5 Å². The molecule has 1 aromatic rings. The smallest absolute Gasteiger partial charge is 0.323 e. The lowest BCUT2D eigenvalue weighted by Gasteiger charge is -2.34. The molecule has 1 N–H and O–H groups in total. The molecule has 6 nitrogen and oxygen atoms in total. The lowest BCUT2D eigenvalue weighted by Crippen LogP contribution is -2.49. The van der Waals surface area contributed by atoms with Crippen molar-refractivity contribution in [2.24, 2.45) is 0 Å². The summed E-state index contributed by atoms with van der Waals surface area (Å²) in [5.74, 6) is 0.248. The summed E-state index contributed by atoms with van der Waals surface area (Å²) in [6.07, 6.45) is 1.62. The number of carbonyl (C=O) groups is 1. The van der Waals surface area contributed by atoms with Crippen LogP contribution in [-0.2, 0) is 11.3 Å². The van der Waals surface area contributed by atoms with E-state index in [0.717, 1.165) is 0 Å². The molecule has 0 aliphatic carbocycles. The highest BCUT2D eigenvalue weighted by Gasteiger charge is 2.34. The van der Waals surface area contributed by atoms with Gasteiger partial charge in [0.05, 0.1) is 14.2 Å². The number of aliphatic carboxylic acids is 1. The summed E-state index contributed by atoms with van der Waals surface area (Å²) in [6, 6.07) is 1.71. The van der Waals surface area contributed by atoms with Gasteiger partial charge in [-0.3, -0.25) is 14.7 Å². The summed E-state index contributed by atoms with van der Waals surface area (Å²) in [5, 5.41) is 9.33. The van der Waals surface area contributed by atoms with Crippen LogP contribution in [0.2, 0.25) is 0 Å². The molecule has 6 heteroatoms. The Balaban J connectivity index is 3.11. The number of carboxylic acid groups (broad SMARTS) is 1. The first-order valence-corrected chi connectivity index (χ1v) is 6.42. The van der Waals surface area contributed by atoms with Crippen molar-refractivity contribution in [2.45, 2.75) is 32.9 Å². The Kier molecular flexibility index (Phi) is 5.33. The van der Waals surface area contributed by atoms with Crippen LogP contribution in [0.15, 0.2) is 12.3 Å². The van der Waals surface area contributed by atoms with E-state index < -0.39 is 11.5 Å². The van der Waals surface area contributed by atoms with Gasteiger partial charge in [-0.25, -0.2) is 0 Å². The van der Waals surface area contributed by atoms with Crippen molar-refractivity contribution >= 4 is 5.97 Å². The molecule has 20 heavy (non-hydrogen) atoms. The predicted molar refractivity (Wildman–Crippen MR) is 75.1 cm³/mol. The van der Waals surface area contributed by atoms with Crippen molar-refractivity contribution in [3.05, 3.63) is 18.0 Å². The molecule has 112 valence electrons. The van der Waals surface area contributed by atoms with Crippen LogP contribution < -0.4 is 9.47 Å². The minimum atomic E-state index is -0.982. The van der Waals surface area contributed by atoms with E-state index in [2.05, 4.69) is 4.98 Å². The Morgan fingerprint density at radius 2 is 2.05 bits per heavy atom. The molecule has 0 bridgehead atoms. The highest BCUT2D eigenvalue weighted by molar-refractivity contribution is 5.77. The van der Waals surface area contributed by atoms with E-state index in [4.69, 9.17) is 9.47 Å². The lowest BCUT2D eigenvalue weighted by molar-refractivity contribution is -0.149. The number of pyridine rings is 1. The third kappa shape index (κ3) is 3.19. The van der Waals surface area contributed by atoms with Gasteiger partial charge in [0.25, 0.3) is 0 Å². The Morgan fingerprint density at radius 1 is 1.40 bits per heavy atom. The molecule has 1 heterocycles. The average molecular weight is 282 g/mol. The van der Waals surface area contributed by atoms with Gasteiger partial charge in [0.2, 0.25) is 0 Å². The zero-order valence-corrected chi connectivity index (χ0v) is 12.6. The molecular weight excluding hydrogens is 260 g/mol. The van der Waals surface area contributed by atoms with Gasteiger partial charge in [0, 0.05) is 18.8 Å². The van der Waals surface area contributed by atoms with E-state index in [1.54, 1.807) is 40.3 Å². The Labute approximate surface area is 119 Å². The number of aromatic nitrogens is 1. The fourth-order valence-electron chi connectivity index (χ4n) is 1.98. The van der Waals surface area contributed by atoms with E-state index in [1.807, 2.05) is 11.8 Å². The number of ether oxygens (including phenoxy) is 2. The van der Waals surface area contributed by atoms with E-state index in [9.17, 15) is 9.90 Å². The number of hydrogen-bond acceptors (Lipinski definition) is 5. The number of rotatable bonds is 7. The van der Waals surface area contributed by atoms with Crippen LogP contribution in [0.3, 0.4) is 0 Å². The monoisotopic (exact) mass is 282 g/mol. The van der Waals surface area contributed by atoms with Gasteiger partial charge in [-0.05, 0) is 20.4 Å². The largest absolute Gasteiger partial charge is 0.493 e. The molecule has 1 rings (SSSR count). The summed E-state index contributed by atoms with van der Waals surface area (Å²) in [6.45, 7) is 6.21. The predicted octanol–water partition coefficient (Wildman–Crippen LogP) is 1.78. The second kappa shape index (κ2) is 6.56. The minimum absolute atomic E-state index is 0.371. The standard InChI is InChI=1S/C14H22N2O4/c1-6-16(14(2,3)13(17)18)9-10-12(20-5)11(19-4)7-8-15-10/h7-8H,6,9H2,1-5H3,(H,17,18). The number of nitrogens with zero attached hydrogens (tertiary/aromatic N) is 2. The van der Waals surface area contributed by atoms with Gasteiger partial charge in [0.1, 0.15) is 11.2 Å². The number of hydrogen-bond donors (Lipinski definition) is 1. The molecule has 0 fully saturated rings. The Bertz CT molecular complexity index is 474. The maximum atomic E-state index is 11.4. The van der Waals surface area contributed by atoms with Crippen molar-refractivity contribution in [1.82, 2.24) is 9.88 Å². The molecule has 0 radical (unpaired) electrons. The third-order valence-electron chi connectivity index (χ3n) is 3.40. The van der Waals surface area contributed by atoms with Crippen LogP contribution in [0.4, 0.5) is 0 Å². The molecule has 0 atom stereocenters. The fourth-order valence-corrected chi connectivity index (χ4v) is 1.98. The Hall–Kier alpha value is -1.82. The molecule has 0 spiro atoms. The van der Waals surface area contributed by atoms with Crippen LogP contribution in [0.25, 0.3) is 0 Å². The average Bonchev–Trinajstić information content (AvgIpc) is 2.43. The van der Waals surface area contributed by atoms with E-state index in [0.29, 0.717) is 30.3 Å². The number of likely N-dealkylation sites (N-methyl/N-ethyl adjacent to an activating group) is 1. The van der Waals surface area contributed by atoms with Gasteiger partial charge in [-0.15, -0.1) is 0 Å². The van der Waals surface area contributed by atoms with Crippen LogP contribution >= 0.6 is 0 Å². The zero-order valence-electron chi connectivity index (χ0n) is 12.6. The summed E-state index contributed by atoms with van der Waals surface area (Å²) < 4.78 is 10.5. The summed E-state index contributed by atoms with van der Waals surface area (Å²) >= 11 is 0. The van der Waals surface area contributed by atoms with Crippen molar-refractivity contribution in [1.29, 1.82) is 0 Å². The van der Waals surface area contributed by atoms with Crippen LogP contribution in [0, 0.1) is 0 Å². The van der Waals surface area contributed by atoms with Crippen molar-refractivity contribution in [3.8, 4) is 11.5 Å². The van der Waals surface area contributed by atoms with E-state index in [1.165, 1.54) is 0 Å². The lowest BCUT2D eigenvalue weighted by atomic mass is 10.0. The second-order valence-corrected chi connectivity index (χ2v) is 4.87. The first-order chi connectivity index (χ1) is 9.38. The highest BCUT2D eigenvalue weighted by atomic mass is 16.5. The summed E-state index contributed by atoms with van der Waals surface area (Å²) in [4.78, 5) is 17.5. The molecule has 0 aliphatic rings. The molecule has 0 amide bonds. The molecule has 0 aliphatic heterocycles. The van der Waals surface area contributed by atoms with Crippen LogP contribution in [0.5, 0.6) is 11.5 Å². The van der Waals surface area contributed by atoms with E-state index >= 15 is 0 Å². The van der Waals surface area contributed by atoms with Gasteiger partial charge < -0.3 is 14.6 Å². The van der Waals surface area contributed by atoms with Gasteiger partial charge >= 0.3 is 5.97 Å². The first-order valence-electron chi connectivity index (χ1n) is 6.42. The molecule has 0 unspecified atom stereocenters. The van der Waals surface area contributed by atoms with Gasteiger partial charge in [0.15, 0.2) is 11.5 Å². The summed E-state index contributed by atoms with van der Waals surface area (Å²) in [7, 11) is 3.10. The number of carboxylic acids is 1. The zero-order chi connectivity index (χ0) is 15.3. The highest BCUT2D eigenvalue weighted by Crippen LogP contribution is 2.31. The Morgan fingerprint density at radius 3 is 2.50 bits per heavy atom.